The lowest BCUT2D eigenvalue weighted by atomic mass is 10.1. The molecule has 0 spiro atoms. The number of hydrogen-bond donors (Lipinski definition) is 1. The summed E-state index contributed by atoms with van der Waals surface area (Å²) in [6, 6.07) is 0. The lowest BCUT2D eigenvalue weighted by Gasteiger charge is -2.07. The second-order valence-electron chi connectivity index (χ2n) is 2.53. The molecule has 1 atom stereocenters. The first kappa shape index (κ1) is 11.4. The van der Waals surface area contributed by atoms with Gasteiger partial charge in [0.25, 0.3) is 10.1 Å². The monoisotopic (exact) mass is 192 g/mol. The summed E-state index contributed by atoms with van der Waals surface area (Å²) < 4.78 is 29.7. The first-order valence-electron chi connectivity index (χ1n) is 3.63. The van der Waals surface area contributed by atoms with Crippen molar-refractivity contribution in [2.45, 2.75) is 31.9 Å². The fourth-order valence-electron chi connectivity index (χ4n) is 0.786. The van der Waals surface area contributed by atoms with Crippen molar-refractivity contribution >= 4 is 16.1 Å². The van der Waals surface area contributed by atoms with Gasteiger partial charge in [0.15, 0.2) is 0 Å². The maximum Gasteiger partial charge on any atom is 0.272 e. The fourth-order valence-corrected chi connectivity index (χ4v) is 1.31. The minimum Gasteiger partial charge on any atom is -0.285 e. The van der Waals surface area contributed by atoms with Gasteiger partial charge in [0, 0.05) is 5.57 Å². The van der Waals surface area contributed by atoms with Gasteiger partial charge >= 0.3 is 0 Å². The molecule has 0 aromatic carbocycles. The Kier molecular flexibility index (Phi) is 4.17. The normalized spacial score (nSPS) is 13.6. The van der Waals surface area contributed by atoms with Crippen LogP contribution in [-0.2, 0) is 14.9 Å². The van der Waals surface area contributed by atoms with Crippen LogP contribution in [0.2, 0.25) is 0 Å². The van der Waals surface area contributed by atoms with Crippen molar-refractivity contribution in [1.82, 2.24) is 0 Å². The predicted octanol–water partition coefficient (Wildman–Crippen LogP) is 0.821. The van der Waals surface area contributed by atoms with Crippen molar-refractivity contribution in [3.63, 3.8) is 0 Å². The summed E-state index contributed by atoms with van der Waals surface area (Å²) in [5, 5.41) is -1.13. The third-order valence-electron chi connectivity index (χ3n) is 1.59. The summed E-state index contributed by atoms with van der Waals surface area (Å²) in [7, 11) is -4.14. The molecule has 0 aliphatic heterocycles. The van der Waals surface area contributed by atoms with E-state index in [1.807, 2.05) is 6.92 Å². The van der Waals surface area contributed by atoms with Gasteiger partial charge in [0.1, 0.15) is 11.2 Å². The molecule has 0 aromatic heterocycles. The molecular weight excluding hydrogens is 180 g/mol. The molecule has 1 N–H and O–H groups in total. The SMILES string of the molecule is CCCC(=C=O)C(C)S(=O)(=O)O. The van der Waals surface area contributed by atoms with Crippen LogP contribution in [0.25, 0.3) is 0 Å². The highest BCUT2D eigenvalue weighted by atomic mass is 32.2. The molecular formula is C7H12O4S. The summed E-state index contributed by atoms with van der Waals surface area (Å²) in [5.74, 6) is 1.54. The lowest BCUT2D eigenvalue weighted by Crippen LogP contribution is -2.19. The van der Waals surface area contributed by atoms with Gasteiger partial charge in [-0.15, -0.1) is 0 Å². The molecule has 0 aliphatic rings. The van der Waals surface area contributed by atoms with Crippen LogP contribution >= 0.6 is 0 Å². The Bertz CT molecular complexity index is 285. The van der Waals surface area contributed by atoms with E-state index in [1.54, 1.807) is 0 Å². The maximum absolute atomic E-state index is 10.6. The average Bonchev–Trinajstić information content (AvgIpc) is 1.97. The van der Waals surface area contributed by atoms with Gasteiger partial charge < -0.3 is 0 Å². The molecule has 0 heterocycles. The van der Waals surface area contributed by atoms with Gasteiger partial charge in [-0.25, -0.2) is 4.79 Å². The minimum atomic E-state index is -4.14. The molecule has 70 valence electrons. The second kappa shape index (κ2) is 4.40. The largest absolute Gasteiger partial charge is 0.285 e. The summed E-state index contributed by atoms with van der Waals surface area (Å²) in [4.78, 5) is 10.2. The van der Waals surface area contributed by atoms with E-state index in [2.05, 4.69) is 0 Å². The highest BCUT2D eigenvalue weighted by molar-refractivity contribution is 7.86. The van der Waals surface area contributed by atoms with E-state index >= 15 is 0 Å². The molecule has 0 saturated heterocycles. The zero-order valence-corrected chi connectivity index (χ0v) is 7.89. The van der Waals surface area contributed by atoms with E-state index < -0.39 is 15.4 Å². The lowest BCUT2D eigenvalue weighted by molar-refractivity contribution is 0.474. The first-order chi connectivity index (χ1) is 5.43. The van der Waals surface area contributed by atoms with Crippen LogP contribution in [0.4, 0.5) is 0 Å². The Labute approximate surface area is 72.0 Å². The van der Waals surface area contributed by atoms with E-state index in [1.165, 1.54) is 12.9 Å². The Morgan fingerprint density at radius 3 is 2.33 bits per heavy atom. The van der Waals surface area contributed by atoms with E-state index in [-0.39, 0.29) is 5.57 Å². The van der Waals surface area contributed by atoms with Crippen molar-refractivity contribution in [3.05, 3.63) is 5.57 Å². The summed E-state index contributed by atoms with van der Waals surface area (Å²) in [5.41, 5.74) is 0.0972. The van der Waals surface area contributed by atoms with Gasteiger partial charge in [0.2, 0.25) is 0 Å². The van der Waals surface area contributed by atoms with Crippen molar-refractivity contribution in [1.29, 1.82) is 0 Å². The highest BCUT2D eigenvalue weighted by Crippen LogP contribution is 2.12. The molecule has 0 fully saturated rings. The number of rotatable bonds is 4. The van der Waals surface area contributed by atoms with E-state index in [9.17, 15) is 13.2 Å². The molecule has 0 rings (SSSR count). The zero-order valence-electron chi connectivity index (χ0n) is 7.07. The third-order valence-corrected chi connectivity index (χ3v) is 2.77. The van der Waals surface area contributed by atoms with Gasteiger partial charge in [-0.1, -0.05) is 13.3 Å². The van der Waals surface area contributed by atoms with Crippen LogP contribution in [0.1, 0.15) is 26.7 Å². The molecule has 12 heavy (non-hydrogen) atoms. The number of carbonyl (C=O) groups excluding carboxylic acids is 1. The van der Waals surface area contributed by atoms with E-state index in [0.717, 1.165) is 0 Å². The summed E-state index contributed by atoms with van der Waals surface area (Å²) in [6.07, 6.45) is 1.01. The second-order valence-corrected chi connectivity index (χ2v) is 4.27. The molecule has 0 saturated carbocycles. The highest BCUT2D eigenvalue weighted by Gasteiger charge is 2.22. The molecule has 0 aliphatic carbocycles. The number of hydrogen-bond acceptors (Lipinski definition) is 3. The molecule has 4 nitrogen and oxygen atoms in total. The molecule has 1 unspecified atom stereocenters. The minimum absolute atomic E-state index is 0.0972. The topological polar surface area (TPSA) is 71.4 Å². The maximum atomic E-state index is 10.6. The first-order valence-corrected chi connectivity index (χ1v) is 5.14. The van der Waals surface area contributed by atoms with Gasteiger partial charge in [-0.3, -0.25) is 4.55 Å². The van der Waals surface area contributed by atoms with Crippen LogP contribution in [0.3, 0.4) is 0 Å². The van der Waals surface area contributed by atoms with Gasteiger partial charge in [0.05, 0.1) is 0 Å². The molecule has 0 bridgehead atoms. The van der Waals surface area contributed by atoms with E-state index in [0.29, 0.717) is 12.8 Å². The summed E-state index contributed by atoms with van der Waals surface area (Å²) >= 11 is 0. The predicted molar refractivity (Wildman–Crippen MR) is 45.1 cm³/mol. The molecule has 5 heteroatoms. The molecule has 0 radical (unpaired) electrons. The average molecular weight is 192 g/mol. The van der Waals surface area contributed by atoms with Crippen LogP contribution in [0.15, 0.2) is 5.57 Å². The van der Waals surface area contributed by atoms with Gasteiger partial charge in [-0.05, 0) is 13.3 Å². The Balaban J connectivity index is 4.68. The molecule has 0 aromatic rings. The Morgan fingerprint density at radius 1 is 1.58 bits per heavy atom. The standard InChI is InChI=1S/C7H12O4S/c1-3-4-7(5-8)6(2)12(9,10)11/h6H,3-4H2,1-2H3,(H,9,10,11). The molecule has 0 amide bonds. The Morgan fingerprint density at radius 2 is 2.08 bits per heavy atom. The van der Waals surface area contributed by atoms with Crippen LogP contribution in [0.5, 0.6) is 0 Å². The van der Waals surface area contributed by atoms with Gasteiger partial charge in [-0.2, -0.15) is 8.42 Å². The van der Waals surface area contributed by atoms with Crippen molar-refractivity contribution < 1.29 is 17.8 Å². The zero-order chi connectivity index (χ0) is 9.78. The van der Waals surface area contributed by atoms with E-state index in [4.69, 9.17) is 4.55 Å². The van der Waals surface area contributed by atoms with Crippen molar-refractivity contribution in [2.75, 3.05) is 0 Å². The van der Waals surface area contributed by atoms with Crippen molar-refractivity contribution in [2.24, 2.45) is 0 Å². The van der Waals surface area contributed by atoms with Crippen LogP contribution in [0, 0.1) is 0 Å². The van der Waals surface area contributed by atoms with Crippen molar-refractivity contribution in [3.8, 4) is 0 Å². The van der Waals surface area contributed by atoms with Crippen LogP contribution < -0.4 is 0 Å². The summed E-state index contributed by atoms with van der Waals surface area (Å²) in [6.45, 7) is 3.08. The van der Waals surface area contributed by atoms with Crippen LogP contribution in [-0.4, -0.2) is 24.2 Å². The Hall–Kier alpha value is -0.640. The fraction of sp³-hybridized carbons (Fsp3) is 0.714. The smallest absolute Gasteiger partial charge is 0.272 e. The quantitative estimate of drug-likeness (QED) is 0.528. The third kappa shape index (κ3) is 3.17.